The number of rotatable bonds is 4. The molecule has 0 saturated carbocycles. The maximum Gasteiger partial charge on any atom is 1.00 e. The van der Waals surface area contributed by atoms with Gasteiger partial charge in [-0.25, -0.2) is 4.39 Å². The van der Waals surface area contributed by atoms with Crippen LogP contribution < -0.4 is 61.6 Å². The van der Waals surface area contributed by atoms with Crippen molar-refractivity contribution in [3.05, 3.63) is 58.4 Å². The molecule has 0 heterocycles. The summed E-state index contributed by atoms with van der Waals surface area (Å²) < 4.78 is 56.8. The second kappa shape index (κ2) is 8.17. The molecule has 0 aliphatic rings. The number of hydrogen-bond donors (Lipinski definition) is 0. The number of ether oxygens (including phenoxy) is 1. The molecule has 0 aliphatic carbocycles. The van der Waals surface area contributed by atoms with Gasteiger partial charge in [0, 0.05) is 5.56 Å². The van der Waals surface area contributed by atoms with Crippen molar-refractivity contribution in [1.82, 2.24) is 0 Å². The zero-order valence-corrected chi connectivity index (χ0v) is 15.9. The summed E-state index contributed by atoms with van der Waals surface area (Å²) >= 11 is 5.85. The first kappa shape index (κ1) is 20.0. The van der Waals surface area contributed by atoms with Gasteiger partial charge in [0.05, 0.1) is 5.02 Å². The largest absolute Gasteiger partial charge is 1.00 e. The Hall–Kier alpha value is -0.0487. The quantitative estimate of drug-likeness (QED) is 0.595. The van der Waals surface area contributed by atoms with E-state index in [0.717, 1.165) is 12.1 Å². The van der Waals surface area contributed by atoms with Crippen molar-refractivity contribution < 1.29 is 73.5 Å². The van der Waals surface area contributed by atoms with Crippen LogP contribution in [0.4, 0.5) is 17.3 Å². The van der Waals surface area contributed by atoms with Crippen molar-refractivity contribution in [1.29, 1.82) is 0 Å². The number of halogens is 5. The Bertz CT molecular complexity index is 644. The van der Waals surface area contributed by atoms with Gasteiger partial charge in [0.1, 0.15) is 18.2 Å². The van der Waals surface area contributed by atoms with Gasteiger partial charge in [-0.2, -0.15) is 0 Å². The third kappa shape index (κ3) is 4.98. The van der Waals surface area contributed by atoms with Crippen molar-refractivity contribution in [2.75, 3.05) is 0 Å². The molecule has 0 saturated heterocycles. The van der Waals surface area contributed by atoms with E-state index in [1.54, 1.807) is 0 Å². The fraction of sp³-hybridized carbons (Fsp3) is 0.143. The third-order valence-corrected chi connectivity index (χ3v) is 3.36. The van der Waals surface area contributed by atoms with E-state index in [1.807, 2.05) is 0 Å². The SMILES string of the molecule is Cc1cc([B-](F)(F)F)ccc1OCc1c(F)cccc1Cl.[K+]. The summed E-state index contributed by atoms with van der Waals surface area (Å²) in [5.41, 5.74) is -0.189. The minimum Gasteiger partial charge on any atom is -0.488 e. The first-order valence-corrected chi connectivity index (χ1v) is 6.53. The van der Waals surface area contributed by atoms with Crippen LogP contribution in [0.3, 0.4) is 0 Å². The van der Waals surface area contributed by atoms with Crippen LogP contribution in [0.15, 0.2) is 36.4 Å². The van der Waals surface area contributed by atoms with Crippen molar-refractivity contribution in [3.63, 3.8) is 0 Å². The molecule has 0 aliphatic heterocycles. The maximum absolute atomic E-state index is 13.6. The van der Waals surface area contributed by atoms with Gasteiger partial charge >= 0.3 is 58.4 Å². The number of aryl methyl sites for hydroxylation is 1. The Morgan fingerprint density at radius 2 is 1.82 bits per heavy atom. The van der Waals surface area contributed by atoms with Crippen LogP contribution in [-0.2, 0) is 6.61 Å². The van der Waals surface area contributed by atoms with Gasteiger partial charge < -0.3 is 17.7 Å². The Kier molecular flexibility index (Phi) is 7.43. The van der Waals surface area contributed by atoms with E-state index >= 15 is 0 Å². The molecule has 0 bridgehead atoms. The molecule has 2 aromatic rings. The molecule has 2 rings (SSSR count). The van der Waals surface area contributed by atoms with Gasteiger partial charge in [0.2, 0.25) is 0 Å². The molecular formula is C14H11BClF4KO. The van der Waals surface area contributed by atoms with Crippen LogP contribution in [0, 0.1) is 12.7 Å². The van der Waals surface area contributed by atoms with Crippen LogP contribution in [0.2, 0.25) is 5.02 Å². The number of hydrogen-bond acceptors (Lipinski definition) is 1. The minimum absolute atomic E-state index is 0. The summed E-state index contributed by atoms with van der Waals surface area (Å²) in [5, 5.41) is 0.211. The average Bonchev–Trinajstić information content (AvgIpc) is 2.38. The minimum atomic E-state index is -5.05. The molecule has 0 aromatic heterocycles. The van der Waals surface area contributed by atoms with Crippen molar-refractivity contribution >= 4 is 24.0 Å². The van der Waals surface area contributed by atoms with Gasteiger partial charge in [-0.1, -0.05) is 29.8 Å². The van der Waals surface area contributed by atoms with Gasteiger partial charge in [-0.05, 0) is 30.7 Å². The fourth-order valence-corrected chi connectivity index (χ4v) is 2.08. The van der Waals surface area contributed by atoms with Crippen LogP contribution in [0.25, 0.3) is 0 Å². The van der Waals surface area contributed by atoms with E-state index in [9.17, 15) is 17.3 Å². The third-order valence-electron chi connectivity index (χ3n) is 3.01. The van der Waals surface area contributed by atoms with Crippen LogP contribution >= 0.6 is 11.6 Å². The molecule has 1 nitrogen and oxygen atoms in total. The zero-order chi connectivity index (χ0) is 15.6. The standard InChI is InChI=1S/C14H11BClF4O.K/c1-9-7-10(15(18,19)20)5-6-14(9)21-8-11-12(16)3-2-4-13(11)17;/h2-7H,8H2,1H3;/q-1;+1. The van der Waals surface area contributed by atoms with Gasteiger partial charge in [0.15, 0.2) is 0 Å². The predicted octanol–water partition coefficient (Wildman–Crippen LogP) is 1.42. The Labute approximate surface area is 173 Å². The van der Waals surface area contributed by atoms with Crippen LogP contribution in [0.1, 0.15) is 11.1 Å². The molecular weight excluding hydrogens is 346 g/mol. The van der Waals surface area contributed by atoms with E-state index < -0.39 is 18.3 Å². The number of benzene rings is 2. The summed E-state index contributed by atoms with van der Waals surface area (Å²) in [7, 11) is 0. The van der Waals surface area contributed by atoms with Crippen molar-refractivity contribution in [2.45, 2.75) is 13.5 Å². The summed E-state index contributed by atoms with van der Waals surface area (Å²) in [5.74, 6) is -0.256. The van der Waals surface area contributed by atoms with Gasteiger partial charge in [-0.3, -0.25) is 0 Å². The summed E-state index contributed by atoms with van der Waals surface area (Å²) in [4.78, 5) is 0. The monoisotopic (exact) mass is 356 g/mol. The van der Waals surface area contributed by atoms with Crippen molar-refractivity contribution in [2.24, 2.45) is 0 Å². The zero-order valence-electron chi connectivity index (χ0n) is 12.0. The molecule has 0 N–H and O–H groups in total. The molecule has 8 heteroatoms. The fourth-order valence-electron chi connectivity index (χ4n) is 1.86. The first-order valence-electron chi connectivity index (χ1n) is 6.15. The molecule has 22 heavy (non-hydrogen) atoms. The maximum atomic E-state index is 13.6. The summed E-state index contributed by atoms with van der Waals surface area (Å²) in [6, 6.07) is 7.42. The van der Waals surface area contributed by atoms with Crippen LogP contribution in [-0.4, -0.2) is 6.98 Å². The molecule has 112 valence electrons. The Morgan fingerprint density at radius 1 is 1.14 bits per heavy atom. The average molecular weight is 357 g/mol. The Balaban J connectivity index is 0.00000242. The van der Waals surface area contributed by atoms with E-state index in [2.05, 4.69) is 0 Å². The summed E-state index contributed by atoms with van der Waals surface area (Å²) in [6.07, 6.45) is 0. The smallest absolute Gasteiger partial charge is 0.488 e. The van der Waals surface area contributed by atoms with E-state index in [1.165, 1.54) is 31.2 Å². The molecule has 0 radical (unpaired) electrons. The van der Waals surface area contributed by atoms with Crippen LogP contribution in [0.5, 0.6) is 5.75 Å². The van der Waals surface area contributed by atoms with Crippen molar-refractivity contribution in [3.8, 4) is 5.75 Å². The van der Waals surface area contributed by atoms with E-state index in [0.29, 0.717) is 5.56 Å². The second-order valence-electron chi connectivity index (χ2n) is 4.59. The molecule has 0 atom stereocenters. The van der Waals surface area contributed by atoms with E-state index in [-0.39, 0.29) is 74.3 Å². The summed E-state index contributed by atoms with van der Waals surface area (Å²) in [6.45, 7) is -3.69. The van der Waals surface area contributed by atoms with Gasteiger partial charge in [0.25, 0.3) is 0 Å². The second-order valence-corrected chi connectivity index (χ2v) is 5.00. The molecule has 0 amide bonds. The molecule has 2 aromatic carbocycles. The Morgan fingerprint density at radius 3 is 2.36 bits per heavy atom. The topological polar surface area (TPSA) is 9.23 Å². The van der Waals surface area contributed by atoms with Gasteiger partial charge in [-0.15, -0.1) is 5.46 Å². The molecule has 0 fully saturated rings. The van der Waals surface area contributed by atoms with E-state index in [4.69, 9.17) is 16.3 Å². The first-order chi connectivity index (χ1) is 9.79. The molecule has 0 spiro atoms. The predicted molar refractivity (Wildman–Crippen MR) is 75.6 cm³/mol. The normalized spacial score (nSPS) is 11.0. The molecule has 0 unspecified atom stereocenters.